The highest BCUT2D eigenvalue weighted by Crippen LogP contribution is 2.43. The summed E-state index contributed by atoms with van der Waals surface area (Å²) in [6, 6.07) is 51.2. The highest BCUT2D eigenvalue weighted by Gasteiger charge is 2.44. The van der Waals surface area contributed by atoms with E-state index in [1.165, 1.54) is 5.69 Å². The topological polar surface area (TPSA) is 229 Å². The lowest BCUT2D eigenvalue weighted by Crippen LogP contribution is -2.49. The minimum Gasteiger partial charge on any atom is -0.383 e. The number of fused-ring (bicyclic) bond motifs is 2. The standard InChI is InChI=1S/C76H82N16O2/c1-48(93)67-16-7-38-88(67)54-29-40-86(41-30-54)58-12-3-11-51(44-58)64-26-28-66-74(83-64)92(57-23-19-53(20-24-57)76(80)35-9-36-76)72(85-66)62-15-6-39-89(70(62)78)60-46-68(49(2)94)90(47-60)55-31-42-87(43-32-55)59-13-4-10-50(45-59)63-25-27-65-73(82-63)91(71(84-65)61-14-5-37-81-69(61)77)56-21-17-52(18-22-56)75(79)33-8-34-75/h3-6,10-15,17-28,37,39,44-45,54-55,60,67-68,78H,7-9,16,29-36,38,40-43,46-47,79-80H2,1-2H3,(H2,77,81,84)/p+1/t60?,67-,68+/m1/s1. The van der Waals surface area contributed by atoms with Crippen LogP contribution in [0.25, 0.3) is 79.0 Å². The van der Waals surface area contributed by atoms with E-state index in [1.807, 2.05) is 24.3 Å². The zero-order valence-electron chi connectivity index (χ0n) is 53.8. The van der Waals surface area contributed by atoms with Crippen molar-refractivity contribution in [3.8, 4) is 56.7 Å². The summed E-state index contributed by atoms with van der Waals surface area (Å²) in [6.45, 7) is 8.76. The average Bonchev–Trinajstić information content (AvgIpc) is 1.58. The highest BCUT2D eigenvalue weighted by molar-refractivity contribution is 5.87. The first-order valence-corrected chi connectivity index (χ1v) is 34.1. The van der Waals surface area contributed by atoms with E-state index in [1.54, 1.807) is 20.0 Å². The molecule has 2 saturated carbocycles. The number of anilines is 4. The third-order valence-electron chi connectivity index (χ3n) is 22.1. The molecule has 94 heavy (non-hydrogen) atoms. The molecule has 4 aromatic carbocycles. The Morgan fingerprint density at radius 2 is 1.02 bits per heavy atom. The minimum absolute atomic E-state index is 0.0481. The highest BCUT2D eigenvalue weighted by atomic mass is 16.1. The predicted molar refractivity (Wildman–Crippen MR) is 371 cm³/mol. The number of piperidine rings is 2. The van der Waals surface area contributed by atoms with Crippen molar-refractivity contribution in [2.24, 2.45) is 11.5 Å². The van der Waals surface area contributed by atoms with Gasteiger partial charge in [-0.05, 0) is 206 Å². The maximum Gasteiger partial charge on any atom is 0.283 e. The number of rotatable bonds is 15. The van der Waals surface area contributed by atoms with Crippen LogP contribution in [0.3, 0.4) is 0 Å². The molecule has 4 saturated heterocycles. The van der Waals surface area contributed by atoms with E-state index in [4.69, 9.17) is 42.9 Å². The maximum absolute atomic E-state index is 13.8. The number of hydrogen-bond acceptors (Lipinski definition) is 15. The number of benzene rings is 4. The summed E-state index contributed by atoms with van der Waals surface area (Å²) in [4.78, 5) is 61.9. The van der Waals surface area contributed by atoms with E-state index < -0.39 is 0 Å². The van der Waals surface area contributed by atoms with Crippen LogP contribution in [0.1, 0.15) is 114 Å². The third kappa shape index (κ3) is 10.7. The van der Waals surface area contributed by atoms with Crippen LogP contribution in [-0.2, 0) is 20.7 Å². The molecule has 1 unspecified atom stereocenters. The summed E-state index contributed by atoms with van der Waals surface area (Å²) in [5.74, 6) is 2.83. The van der Waals surface area contributed by atoms with Crippen LogP contribution in [0.4, 0.5) is 23.0 Å². The molecular weight excluding hydrogens is 1170 g/mol. The van der Waals surface area contributed by atoms with Gasteiger partial charge in [-0.3, -0.25) is 34.3 Å². The van der Waals surface area contributed by atoms with Crippen molar-refractivity contribution in [2.75, 3.05) is 60.5 Å². The Kier molecular flexibility index (Phi) is 15.2. The molecule has 478 valence electrons. The predicted octanol–water partition coefficient (Wildman–Crippen LogP) is 11.2. The molecule has 0 radical (unpaired) electrons. The first-order valence-electron chi connectivity index (χ1n) is 34.1. The van der Waals surface area contributed by atoms with Crippen LogP contribution >= 0.6 is 0 Å². The van der Waals surface area contributed by atoms with Crippen LogP contribution < -0.4 is 37.3 Å². The number of ketones is 2. The number of carbonyl (C=O) groups excluding carboxylic acids is 2. The molecule has 0 amide bonds. The Morgan fingerprint density at radius 1 is 0.511 bits per heavy atom. The van der Waals surface area contributed by atoms with Gasteiger partial charge in [0.2, 0.25) is 0 Å². The van der Waals surface area contributed by atoms with Crippen molar-refractivity contribution in [1.29, 1.82) is 0 Å². The van der Waals surface area contributed by atoms with Gasteiger partial charge in [0.25, 0.3) is 5.82 Å². The number of Topliss-reactive ketones (excluding diaryl/α,β-unsaturated/α-hetero) is 2. The van der Waals surface area contributed by atoms with Crippen molar-refractivity contribution < 1.29 is 14.2 Å². The number of likely N-dealkylation sites (tertiary alicyclic amines) is 2. The Balaban J connectivity index is 0.650. The molecular formula is C76H83N16O2+. The molecule has 18 nitrogen and oxygen atoms in total. The number of pyridine rings is 4. The van der Waals surface area contributed by atoms with Gasteiger partial charge in [-0.15, -0.1) is 0 Å². The van der Waals surface area contributed by atoms with Gasteiger partial charge in [-0.2, -0.15) is 0 Å². The van der Waals surface area contributed by atoms with E-state index in [9.17, 15) is 9.59 Å². The van der Waals surface area contributed by atoms with E-state index in [-0.39, 0.29) is 41.0 Å². The summed E-state index contributed by atoms with van der Waals surface area (Å²) < 4.78 is 6.42. The molecule has 0 spiro atoms. The van der Waals surface area contributed by atoms with Crippen molar-refractivity contribution >= 4 is 56.9 Å². The number of nitrogens with zero attached hydrogens (tertiary/aromatic N) is 12. The Morgan fingerprint density at radius 3 is 1.52 bits per heavy atom. The molecule has 16 rings (SSSR count). The first-order chi connectivity index (χ1) is 45.7. The van der Waals surface area contributed by atoms with Crippen LogP contribution in [0.15, 0.2) is 158 Å². The first kappa shape index (κ1) is 59.8. The van der Waals surface area contributed by atoms with Gasteiger partial charge in [0, 0.05) is 102 Å². The molecule has 6 aromatic heterocycles. The number of nitrogens with two attached hydrogens (primary N) is 4. The van der Waals surface area contributed by atoms with Gasteiger partial charge < -0.3 is 27.0 Å². The van der Waals surface area contributed by atoms with Crippen LogP contribution in [0.2, 0.25) is 0 Å². The smallest absolute Gasteiger partial charge is 0.283 e. The maximum atomic E-state index is 13.8. The fourth-order valence-corrected chi connectivity index (χ4v) is 16.5. The number of imidazole rings is 2. The second kappa shape index (κ2) is 24.0. The average molecular weight is 1250 g/mol. The van der Waals surface area contributed by atoms with E-state index in [0.29, 0.717) is 48.1 Å². The van der Waals surface area contributed by atoms with Crippen LogP contribution in [-0.4, -0.2) is 119 Å². The van der Waals surface area contributed by atoms with Gasteiger partial charge in [-0.25, -0.2) is 29.5 Å². The fraction of sp³-hybridized carbons (Fsp3) is 0.368. The second-order valence-electron chi connectivity index (χ2n) is 27.6. The second-order valence-corrected chi connectivity index (χ2v) is 27.6. The van der Waals surface area contributed by atoms with Crippen LogP contribution in [0, 0.1) is 0 Å². The van der Waals surface area contributed by atoms with Crippen molar-refractivity contribution in [3.63, 3.8) is 0 Å². The Bertz CT molecular complexity index is 4530. The molecule has 6 aliphatic rings. The van der Waals surface area contributed by atoms with Gasteiger partial charge in [0.15, 0.2) is 22.9 Å². The van der Waals surface area contributed by atoms with Crippen molar-refractivity contribution in [1.82, 2.24) is 43.9 Å². The number of nitrogen functional groups attached to an aromatic ring is 2. The van der Waals surface area contributed by atoms with Crippen molar-refractivity contribution in [3.05, 3.63) is 169 Å². The van der Waals surface area contributed by atoms with Gasteiger partial charge in [0.1, 0.15) is 40.0 Å². The largest absolute Gasteiger partial charge is 0.383 e. The van der Waals surface area contributed by atoms with Gasteiger partial charge in [0.05, 0.1) is 35.2 Å². The Hall–Kier alpha value is -9.20. The molecule has 6 fully saturated rings. The van der Waals surface area contributed by atoms with E-state index in [2.05, 4.69) is 166 Å². The lowest BCUT2D eigenvalue weighted by molar-refractivity contribution is -0.705. The summed E-state index contributed by atoms with van der Waals surface area (Å²) >= 11 is 0. The van der Waals surface area contributed by atoms with E-state index >= 15 is 0 Å². The number of carbonyl (C=O) groups is 2. The zero-order valence-corrected chi connectivity index (χ0v) is 53.8. The summed E-state index contributed by atoms with van der Waals surface area (Å²) in [7, 11) is 0. The molecule has 10 aromatic rings. The summed E-state index contributed by atoms with van der Waals surface area (Å²) in [5, 5.41) is 0. The molecule has 0 bridgehead atoms. The fourth-order valence-electron chi connectivity index (χ4n) is 16.5. The molecule has 10 heterocycles. The van der Waals surface area contributed by atoms with E-state index in [0.717, 1.165) is 194 Å². The summed E-state index contributed by atoms with van der Waals surface area (Å²) in [5.41, 5.74) is 41.7. The third-order valence-corrected chi connectivity index (χ3v) is 22.1. The van der Waals surface area contributed by atoms with Gasteiger partial charge >= 0.3 is 0 Å². The zero-order chi connectivity index (χ0) is 64.0. The molecule has 18 heteroatoms. The van der Waals surface area contributed by atoms with Gasteiger partial charge in [-0.1, -0.05) is 48.5 Å². The monoisotopic (exact) mass is 1250 g/mol. The lowest BCUT2D eigenvalue weighted by Gasteiger charge is -2.39. The molecule has 2 aliphatic carbocycles. The normalized spacial score (nSPS) is 21.0. The van der Waals surface area contributed by atoms with Crippen LogP contribution in [0.5, 0.6) is 0 Å². The quantitative estimate of drug-likeness (QED) is 0.0700. The molecule has 8 N–H and O–H groups in total. The number of aromatic nitrogens is 8. The van der Waals surface area contributed by atoms with Crippen molar-refractivity contribution in [2.45, 2.75) is 139 Å². The summed E-state index contributed by atoms with van der Waals surface area (Å²) in [6.07, 6.45) is 16.6. The molecule has 3 atom stereocenters. The SMILES string of the molecule is CC(=O)[C@H]1CCCN1C1CCN(c2cccc(-c3ccc4nc(-c5ccc[n+](C6C[C@@H](C(C)=O)N(C7CCN(c8cccc(-c9ccc%10nc(-c%11cccnc%11N)n(-c%11ccc(C%12(N)CCC%12)cc%11)c%10n9)c8)CC7)C6)c5N)n(-c5ccc(C6(N)CCC6)cc5)c4n3)c2)CC1. The lowest BCUT2D eigenvalue weighted by atomic mass is 9.73. The number of hydrogen-bond donors (Lipinski definition) is 4. The minimum atomic E-state index is -0.313. The molecule has 4 aliphatic heterocycles. The Labute approximate surface area is 548 Å².